The number of benzene rings is 1. The largest absolute Gasteiger partial charge is 0.377 e. The number of ether oxygens (including phenoxy) is 1. The molecule has 0 radical (unpaired) electrons. The van der Waals surface area contributed by atoms with Crippen LogP contribution in [0.1, 0.15) is 44.4 Å². The van der Waals surface area contributed by atoms with Gasteiger partial charge in [0.2, 0.25) is 0 Å². The van der Waals surface area contributed by atoms with Crippen molar-refractivity contribution in [2.45, 2.75) is 46.3 Å². The summed E-state index contributed by atoms with van der Waals surface area (Å²) in [6, 6.07) is 6.74. The fourth-order valence-electron chi connectivity index (χ4n) is 1.78. The molecule has 1 N–H and O–H groups in total. The molecule has 0 heterocycles. The van der Waals surface area contributed by atoms with Crippen molar-refractivity contribution in [1.29, 1.82) is 0 Å². The first kappa shape index (κ1) is 15.7. The van der Waals surface area contributed by atoms with Gasteiger partial charge < -0.3 is 10.1 Å². The van der Waals surface area contributed by atoms with E-state index in [1.54, 1.807) is 0 Å². The Hall–Kier alpha value is -0.380. The van der Waals surface area contributed by atoms with E-state index in [1.165, 1.54) is 11.1 Å². The van der Waals surface area contributed by atoms with Crippen molar-refractivity contribution >= 4 is 15.9 Å². The summed E-state index contributed by atoms with van der Waals surface area (Å²) >= 11 is 3.65. The predicted octanol–water partition coefficient (Wildman–Crippen LogP) is 4.22. The Bertz CT molecular complexity index is 366. The van der Waals surface area contributed by atoms with Crippen LogP contribution in [0.15, 0.2) is 22.7 Å². The molecule has 0 saturated heterocycles. The van der Waals surface area contributed by atoms with Crippen molar-refractivity contribution in [3.63, 3.8) is 0 Å². The second-order valence-corrected chi connectivity index (χ2v) is 5.77. The second-order valence-electron chi connectivity index (χ2n) is 4.91. The standard InChI is InChI=1S/C15H24BrNO/c1-5-8-17-15(10-18-11(2)3)13-7-6-12(4)9-14(13)16/h6-7,9,11,15,17H,5,8,10H2,1-4H3. The Balaban J connectivity index is 2.79. The van der Waals surface area contributed by atoms with E-state index < -0.39 is 0 Å². The lowest BCUT2D eigenvalue weighted by Gasteiger charge is -2.22. The third kappa shape index (κ3) is 5.09. The van der Waals surface area contributed by atoms with Gasteiger partial charge in [-0.1, -0.05) is 35.0 Å². The SMILES string of the molecule is CCCNC(COC(C)C)c1ccc(C)cc1Br. The van der Waals surface area contributed by atoms with Gasteiger partial charge in [0.1, 0.15) is 0 Å². The van der Waals surface area contributed by atoms with Crippen molar-refractivity contribution in [2.75, 3.05) is 13.2 Å². The van der Waals surface area contributed by atoms with E-state index in [2.05, 4.69) is 67.1 Å². The number of halogens is 1. The zero-order valence-corrected chi connectivity index (χ0v) is 13.4. The molecule has 0 amide bonds. The summed E-state index contributed by atoms with van der Waals surface area (Å²) in [5.74, 6) is 0. The summed E-state index contributed by atoms with van der Waals surface area (Å²) in [7, 11) is 0. The molecule has 2 nitrogen and oxygen atoms in total. The van der Waals surface area contributed by atoms with Crippen molar-refractivity contribution in [2.24, 2.45) is 0 Å². The van der Waals surface area contributed by atoms with E-state index in [4.69, 9.17) is 4.74 Å². The van der Waals surface area contributed by atoms with Crippen molar-refractivity contribution < 1.29 is 4.74 Å². The van der Waals surface area contributed by atoms with Gasteiger partial charge >= 0.3 is 0 Å². The lowest BCUT2D eigenvalue weighted by Crippen LogP contribution is -2.27. The summed E-state index contributed by atoms with van der Waals surface area (Å²) in [5, 5.41) is 3.55. The van der Waals surface area contributed by atoms with Crippen molar-refractivity contribution in [3.05, 3.63) is 33.8 Å². The number of nitrogens with one attached hydrogen (secondary N) is 1. The lowest BCUT2D eigenvalue weighted by molar-refractivity contribution is 0.0610. The molecule has 0 aliphatic carbocycles. The summed E-state index contributed by atoms with van der Waals surface area (Å²) in [6.07, 6.45) is 1.39. The van der Waals surface area contributed by atoms with Crippen LogP contribution in [0.2, 0.25) is 0 Å². The highest BCUT2D eigenvalue weighted by molar-refractivity contribution is 9.10. The Kier molecular flexibility index (Phi) is 6.90. The fraction of sp³-hybridized carbons (Fsp3) is 0.600. The van der Waals surface area contributed by atoms with Crippen LogP contribution in [0.25, 0.3) is 0 Å². The summed E-state index contributed by atoms with van der Waals surface area (Å²) < 4.78 is 6.91. The smallest absolute Gasteiger partial charge is 0.0665 e. The number of hydrogen-bond acceptors (Lipinski definition) is 2. The molecule has 1 atom stereocenters. The molecule has 1 unspecified atom stereocenters. The highest BCUT2D eigenvalue weighted by Crippen LogP contribution is 2.25. The van der Waals surface area contributed by atoms with Gasteiger partial charge in [0.05, 0.1) is 18.8 Å². The molecular weight excluding hydrogens is 290 g/mol. The molecule has 18 heavy (non-hydrogen) atoms. The van der Waals surface area contributed by atoms with Gasteiger partial charge in [-0.25, -0.2) is 0 Å². The first-order valence-corrected chi connectivity index (χ1v) is 7.45. The predicted molar refractivity (Wildman–Crippen MR) is 81.0 cm³/mol. The number of rotatable bonds is 7. The fourth-order valence-corrected chi connectivity index (χ4v) is 2.55. The minimum atomic E-state index is 0.252. The van der Waals surface area contributed by atoms with Gasteiger partial charge in [0, 0.05) is 4.47 Å². The minimum absolute atomic E-state index is 0.252. The van der Waals surface area contributed by atoms with E-state index in [9.17, 15) is 0 Å². The first-order valence-electron chi connectivity index (χ1n) is 6.65. The minimum Gasteiger partial charge on any atom is -0.377 e. The van der Waals surface area contributed by atoms with Gasteiger partial charge in [-0.3, -0.25) is 0 Å². The zero-order chi connectivity index (χ0) is 13.5. The molecule has 0 saturated carbocycles. The van der Waals surface area contributed by atoms with Crippen LogP contribution >= 0.6 is 15.9 Å². The first-order chi connectivity index (χ1) is 8.54. The highest BCUT2D eigenvalue weighted by atomic mass is 79.9. The average Bonchev–Trinajstić information content (AvgIpc) is 2.30. The van der Waals surface area contributed by atoms with E-state index in [0.29, 0.717) is 6.61 Å². The Morgan fingerprint density at radius 2 is 2.06 bits per heavy atom. The highest BCUT2D eigenvalue weighted by Gasteiger charge is 2.14. The topological polar surface area (TPSA) is 21.3 Å². The molecule has 3 heteroatoms. The lowest BCUT2D eigenvalue weighted by atomic mass is 10.1. The number of aryl methyl sites for hydroxylation is 1. The maximum Gasteiger partial charge on any atom is 0.0665 e. The van der Waals surface area contributed by atoms with Crippen molar-refractivity contribution in [1.82, 2.24) is 5.32 Å². The summed E-state index contributed by atoms with van der Waals surface area (Å²) in [4.78, 5) is 0. The van der Waals surface area contributed by atoms with Crippen LogP contribution in [0.4, 0.5) is 0 Å². The van der Waals surface area contributed by atoms with Gasteiger partial charge in [-0.2, -0.15) is 0 Å². The molecule has 0 fully saturated rings. The third-order valence-corrected chi connectivity index (χ3v) is 3.46. The molecule has 0 aliphatic rings. The molecule has 0 bridgehead atoms. The van der Waals surface area contributed by atoms with Gasteiger partial charge in [-0.05, 0) is 50.9 Å². The van der Waals surface area contributed by atoms with Crippen LogP contribution in [0, 0.1) is 6.92 Å². The van der Waals surface area contributed by atoms with E-state index in [0.717, 1.165) is 17.4 Å². The molecule has 1 aromatic carbocycles. The summed E-state index contributed by atoms with van der Waals surface area (Å²) in [6.45, 7) is 10.1. The summed E-state index contributed by atoms with van der Waals surface area (Å²) in [5.41, 5.74) is 2.54. The Labute approximate surface area is 119 Å². The molecule has 102 valence electrons. The van der Waals surface area contributed by atoms with Gasteiger partial charge in [0.25, 0.3) is 0 Å². The maximum absolute atomic E-state index is 5.76. The van der Waals surface area contributed by atoms with Crippen LogP contribution in [0.5, 0.6) is 0 Å². The third-order valence-electron chi connectivity index (χ3n) is 2.77. The number of hydrogen-bond donors (Lipinski definition) is 1. The molecular formula is C15H24BrNO. The zero-order valence-electron chi connectivity index (χ0n) is 11.8. The monoisotopic (exact) mass is 313 g/mol. The van der Waals surface area contributed by atoms with E-state index in [-0.39, 0.29) is 12.1 Å². The quantitative estimate of drug-likeness (QED) is 0.813. The van der Waals surface area contributed by atoms with Crippen LogP contribution in [-0.4, -0.2) is 19.3 Å². The molecule has 1 aromatic rings. The van der Waals surface area contributed by atoms with Crippen molar-refractivity contribution in [3.8, 4) is 0 Å². The normalized spacial score (nSPS) is 13.0. The average molecular weight is 314 g/mol. The van der Waals surface area contributed by atoms with Crippen LogP contribution in [-0.2, 0) is 4.74 Å². The Morgan fingerprint density at radius 3 is 2.61 bits per heavy atom. The molecule has 0 spiro atoms. The molecule has 0 aromatic heterocycles. The van der Waals surface area contributed by atoms with Gasteiger partial charge in [0.15, 0.2) is 0 Å². The van der Waals surface area contributed by atoms with E-state index >= 15 is 0 Å². The van der Waals surface area contributed by atoms with E-state index in [1.807, 2.05) is 0 Å². The van der Waals surface area contributed by atoms with Crippen LogP contribution < -0.4 is 5.32 Å². The Morgan fingerprint density at radius 1 is 1.33 bits per heavy atom. The second kappa shape index (κ2) is 7.93. The van der Waals surface area contributed by atoms with Crippen LogP contribution in [0.3, 0.4) is 0 Å². The molecule has 1 rings (SSSR count). The maximum atomic E-state index is 5.76. The molecule has 0 aliphatic heterocycles. The van der Waals surface area contributed by atoms with Gasteiger partial charge in [-0.15, -0.1) is 0 Å².